The Balaban J connectivity index is 0.000000256. The lowest BCUT2D eigenvalue weighted by Crippen LogP contribution is -2.27. The number of aryl methyl sites for hydroxylation is 1. The molecule has 3 N–H and O–H groups in total. The highest BCUT2D eigenvalue weighted by atomic mass is 19.3. The molecule has 10 nitrogen and oxygen atoms in total. The van der Waals surface area contributed by atoms with Gasteiger partial charge in [0.15, 0.2) is 0 Å². The van der Waals surface area contributed by atoms with E-state index in [1.54, 1.807) is 13.1 Å². The molecule has 0 saturated heterocycles. The lowest BCUT2D eigenvalue weighted by Gasteiger charge is -2.06. The lowest BCUT2D eigenvalue weighted by atomic mass is 10.2. The second-order valence-electron chi connectivity index (χ2n) is 7.63. The predicted molar refractivity (Wildman–Crippen MR) is 116 cm³/mol. The molecule has 13 heteroatoms. The number of amides is 2. The summed E-state index contributed by atoms with van der Waals surface area (Å²) in [5.74, 6) is -3.35. The van der Waals surface area contributed by atoms with E-state index in [4.69, 9.17) is 5.26 Å². The van der Waals surface area contributed by atoms with Gasteiger partial charge in [-0.1, -0.05) is 0 Å². The van der Waals surface area contributed by atoms with E-state index in [-0.39, 0.29) is 28.4 Å². The SMILES string of the molecule is CNC(=O)C(=O)c1cc(C(=O)Nc2ccc(F)c(C#N)c2)n(C)c1.FC(F)C1CC1c1cn[nH]n1. The summed E-state index contributed by atoms with van der Waals surface area (Å²) in [6, 6.07) is 6.54. The average molecular weight is 487 g/mol. The number of nitrogens with one attached hydrogen (secondary N) is 3. The molecule has 2 aromatic heterocycles. The van der Waals surface area contributed by atoms with E-state index >= 15 is 0 Å². The summed E-state index contributed by atoms with van der Waals surface area (Å²) in [7, 11) is 2.87. The zero-order valence-electron chi connectivity index (χ0n) is 18.6. The van der Waals surface area contributed by atoms with Gasteiger partial charge in [0.1, 0.15) is 17.6 Å². The van der Waals surface area contributed by atoms with Crippen LogP contribution in [0.15, 0.2) is 36.7 Å². The number of hydrogen-bond acceptors (Lipinski definition) is 6. The number of ketones is 1. The number of likely N-dealkylation sites (N-methyl/N-ethyl adjacent to an activating group) is 1. The van der Waals surface area contributed by atoms with E-state index in [0.717, 1.165) is 6.07 Å². The van der Waals surface area contributed by atoms with Gasteiger partial charge in [0.25, 0.3) is 17.6 Å². The Morgan fingerprint density at radius 2 is 2.03 bits per heavy atom. The Hall–Kier alpha value is -4.47. The standard InChI is InChI=1S/C16H13FN4O3.C6H7F2N3/c1-19-16(24)14(22)10-6-13(21(2)8-10)15(23)20-11-3-4-12(17)9(5-11)7-18;7-6(8)4-1-3(4)5-2-9-11-10-5/h3-6,8H,1-2H3,(H,19,24)(H,20,23);2-4,6H,1H2,(H,9,10,11). The molecule has 0 aliphatic heterocycles. The van der Waals surface area contributed by atoms with Crippen LogP contribution in [0.1, 0.15) is 44.4 Å². The predicted octanol–water partition coefficient (Wildman–Crippen LogP) is 2.39. The van der Waals surface area contributed by atoms with Crippen LogP contribution in [0.2, 0.25) is 0 Å². The molecule has 2 atom stereocenters. The number of nitrogens with zero attached hydrogens (tertiary/aromatic N) is 4. The van der Waals surface area contributed by atoms with E-state index in [0.29, 0.717) is 12.1 Å². The van der Waals surface area contributed by atoms with E-state index in [1.807, 2.05) is 0 Å². The van der Waals surface area contributed by atoms with Crippen LogP contribution in [-0.2, 0) is 11.8 Å². The van der Waals surface area contributed by atoms with E-state index in [2.05, 4.69) is 26.0 Å². The molecule has 1 aromatic carbocycles. The molecule has 0 bridgehead atoms. The highest BCUT2D eigenvalue weighted by Gasteiger charge is 2.46. The zero-order chi connectivity index (χ0) is 25.7. The fourth-order valence-corrected chi connectivity index (χ4v) is 3.27. The van der Waals surface area contributed by atoms with Crippen LogP contribution in [0.25, 0.3) is 0 Å². The number of halogens is 3. The van der Waals surface area contributed by atoms with Crippen molar-refractivity contribution in [1.29, 1.82) is 5.26 Å². The van der Waals surface area contributed by atoms with Crippen LogP contribution in [0.4, 0.5) is 18.9 Å². The Morgan fingerprint density at radius 3 is 2.60 bits per heavy atom. The number of alkyl halides is 2. The summed E-state index contributed by atoms with van der Waals surface area (Å²) in [5.41, 5.74) is 0.896. The van der Waals surface area contributed by atoms with E-state index in [9.17, 15) is 27.6 Å². The first-order chi connectivity index (χ1) is 16.7. The van der Waals surface area contributed by atoms with Crippen LogP contribution in [-0.4, -0.2) is 51.0 Å². The van der Waals surface area contributed by atoms with Crippen molar-refractivity contribution in [3.63, 3.8) is 0 Å². The summed E-state index contributed by atoms with van der Waals surface area (Å²) in [6.45, 7) is 0. The van der Waals surface area contributed by atoms with Gasteiger partial charge in [-0.25, -0.2) is 13.2 Å². The third-order valence-corrected chi connectivity index (χ3v) is 5.25. The Kier molecular flexibility index (Phi) is 7.65. The monoisotopic (exact) mass is 487 g/mol. The van der Waals surface area contributed by atoms with Crippen molar-refractivity contribution in [3.05, 3.63) is 65.0 Å². The summed E-state index contributed by atoms with van der Waals surface area (Å²) in [6.07, 6.45) is 1.20. The number of Topliss-reactive ketones (excluding diaryl/α,β-unsaturated/α-hetero) is 1. The average Bonchev–Trinajstić information content (AvgIpc) is 3.27. The molecular weight excluding hydrogens is 467 g/mol. The largest absolute Gasteiger partial charge is 0.352 e. The third kappa shape index (κ3) is 5.91. The molecule has 1 fully saturated rings. The summed E-state index contributed by atoms with van der Waals surface area (Å²) >= 11 is 0. The minimum Gasteiger partial charge on any atom is -0.352 e. The van der Waals surface area contributed by atoms with Crippen LogP contribution < -0.4 is 10.6 Å². The molecular formula is C22H20F3N7O3. The lowest BCUT2D eigenvalue weighted by molar-refractivity contribution is -0.116. The molecule has 1 aliphatic carbocycles. The highest BCUT2D eigenvalue weighted by molar-refractivity contribution is 6.42. The van der Waals surface area contributed by atoms with Crippen molar-refractivity contribution in [3.8, 4) is 6.07 Å². The number of anilines is 1. The second kappa shape index (κ2) is 10.6. The van der Waals surface area contributed by atoms with Crippen LogP contribution in [0.3, 0.4) is 0 Å². The number of benzene rings is 1. The van der Waals surface area contributed by atoms with Crippen molar-refractivity contribution >= 4 is 23.3 Å². The first-order valence-corrected chi connectivity index (χ1v) is 10.2. The summed E-state index contributed by atoms with van der Waals surface area (Å²) in [4.78, 5) is 35.4. The van der Waals surface area contributed by atoms with Crippen molar-refractivity contribution in [1.82, 2.24) is 25.3 Å². The maximum absolute atomic E-state index is 13.3. The van der Waals surface area contributed by atoms with Crippen LogP contribution >= 0.6 is 0 Å². The summed E-state index contributed by atoms with van der Waals surface area (Å²) in [5, 5.41) is 23.2. The topological polar surface area (TPSA) is 146 Å². The molecule has 2 unspecified atom stereocenters. The maximum Gasteiger partial charge on any atom is 0.292 e. The number of aromatic amines is 1. The Bertz CT molecular complexity index is 1280. The molecule has 2 heterocycles. The number of H-pyrrole nitrogens is 1. The molecule has 182 valence electrons. The van der Waals surface area contributed by atoms with E-state index in [1.165, 1.54) is 42.2 Å². The van der Waals surface area contributed by atoms with Gasteiger partial charge >= 0.3 is 0 Å². The molecule has 4 rings (SSSR count). The number of carbonyl (C=O) groups excluding carboxylic acids is 3. The normalized spacial score (nSPS) is 16.0. The van der Waals surface area contributed by atoms with Crippen molar-refractivity contribution in [2.75, 3.05) is 12.4 Å². The van der Waals surface area contributed by atoms with Gasteiger partial charge < -0.3 is 15.2 Å². The van der Waals surface area contributed by atoms with Crippen LogP contribution in [0.5, 0.6) is 0 Å². The number of hydrogen-bond donors (Lipinski definition) is 3. The fraction of sp³-hybridized carbons (Fsp3) is 0.273. The molecule has 1 aliphatic rings. The molecule has 3 aromatic rings. The Labute approximate surface area is 197 Å². The Morgan fingerprint density at radius 1 is 1.29 bits per heavy atom. The van der Waals surface area contributed by atoms with Gasteiger partial charge in [-0.15, -0.1) is 0 Å². The molecule has 35 heavy (non-hydrogen) atoms. The number of carbonyl (C=O) groups is 3. The van der Waals surface area contributed by atoms with Crippen LogP contribution in [0, 0.1) is 23.1 Å². The van der Waals surface area contributed by atoms with E-state index < -0.39 is 35.8 Å². The number of aromatic nitrogens is 4. The van der Waals surface area contributed by atoms with Crippen molar-refractivity contribution in [2.45, 2.75) is 18.8 Å². The third-order valence-electron chi connectivity index (χ3n) is 5.25. The number of rotatable bonds is 6. The molecule has 0 spiro atoms. The van der Waals surface area contributed by atoms with Crippen molar-refractivity contribution in [2.24, 2.45) is 13.0 Å². The first kappa shape index (κ1) is 25.2. The van der Waals surface area contributed by atoms with Gasteiger partial charge in [-0.3, -0.25) is 14.4 Å². The minimum absolute atomic E-state index is 0.0613. The minimum atomic E-state index is -2.21. The quantitative estimate of drug-likeness (QED) is 0.360. The highest BCUT2D eigenvalue weighted by Crippen LogP contribution is 2.49. The molecule has 2 amide bonds. The number of nitriles is 1. The maximum atomic E-state index is 13.3. The summed E-state index contributed by atoms with van der Waals surface area (Å²) < 4.78 is 38.7. The zero-order valence-corrected chi connectivity index (χ0v) is 18.6. The first-order valence-electron chi connectivity index (χ1n) is 10.2. The smallest absolute Gasteiger partial charge is 0.292 e. The molecule has 1 saturated carbocycles. The van der Waals surface area contributed by atoms with Gasteiger partial charge in [0.05, 0.1) is 17.5 Å². The van der Waals surface area contributed by atoms with Gasteiger partial charge in [0.2, 0.25) is 6.43 Å². The van der Waals surface area contributed by atoms with Gasteiger partial charge in [0, 0.05) is 43.4 Å². The fourth-order valence-electron chi connectivity index (χ4n) is 3.27. The second-order valence-corrected chi connectivity index (χ2v) is 7.63. The molecule has 0 radical (unpaired) electrons. The van der Waals surface area contributed by atoms with Gasteiger partial charge in [-0.05, 0) is 30.7 Å². The van der Waals surface area contributed by atoms with Crippen molar-refractivity contribution < 1.29 is 27.6 Å². The van der Waals surface area contributed by atoms with Gasteiger partial charge in [-0.2, -0.15) is 20.7 Å².